The van der Waals surface area contributed by atoms with E-state index in [1.807, 2.05) is 11.9 Å². The number of carbonyl (C=O) groups excluding carboxylic acids is 1. The number of rotatable bonds is 7. The van der Waals surface area contributed by atoms with Gasteiger partial charge >= 0.3 is 6.18 Å². The third kappa shape index (κ3) is 6.57. The molecule has 1 saturated heterocycles. The van der Waals surface area contributed by atoms with Gasteiger partial charge in [-0.3, -0.25) is 4.79 Å². The molecular weight excluding hydrogens is 555 g/mol. The zero-order valence-electron chi connectivity index (χ0n) is 21.2. The molecule has 1 aliphatic carbocycles. The van der Waals surface area contributed by atoms with Crippen LogP contribution < -0.4 is 5.32 Å². The van der Waals surface area contributed by atoms with E-state index in [4.69, 9.17) is 16.3 Å². The lowest BCUT2D eigenvalue weighted by molar-refractivity contribution is -0.140. The van der Waals surface area contributed by atoms with Gasteiger partial charge in [0.05, 0.1) is 40.4 Å². The number of nitriles is 1. The van der Waals surface area contributed by atoms with E-state index < -0.39 is 55.2 Å². The summed E-state index contributed by atoms with van der Waals surface area (Å²) in [6, 6.07) is 13.0. The number of benzene rings is 2. The van der Waals surface area contributed by atoms with E-state index in [1.54, 1.807) is 24.3 Å². The van der Waals surface area contributed by atoms with Gasteiger partial charge in [0.2, 0.25) is 5.91 Å². The molecule has 2 aliphatic rings. The number of hydrogen-bond acceptors (Lipinski definition) is 6. The molecule has 1 heterocycles. The predicted molar refractivity (Wildman–Crippen MR) is 138 cm³/mol. The SMILES string of the molecule is CN1CCC(C#N)(NC(=O)[C@H]2C[C@H](S(=O)(=O)c3ccccc3C(F)(F)F)C[C@@H]2OCc2ccc(Cl)cc2)CC1. The number of nitrogens with one attached hydrogen (secondary N) is 1. The molecule has 1 saturated carbocycles. The van der Waals surface area contributed by atoms with Crippen LogP contribution in [0.4, 0.5) is 13.2 Å². The van der Waals surface area contributed by atoms with E-state index in [9.17, 15) is 31.6 Å². The molecule has 3 atom stereocenters. The Labute approximate surface area is 230 Å². The van der Waals surface area contributed by atoms with Gasteiger partial charge in [-0.1, -0.05) is 35.9 Å². The van der Waals surface area contributed by atoms with Crippen LogP contribution in [0.25, 0.3) is 0 Å². The monoisotopic (exact) mass is 583 g/mol. The largest absolute Gasteiger partial charge is 0.417 e. The molecule has 2 fully saturated rings. The van der Waals surface area contributed by atoms with Gasteiger partial charge in [0.25, 0.3) is 0 Å². The van der Waals surface area contributed by atoms with Crippen LogP contribution in [0.3, 0.4) is 0 Å². The molecule has 7 nitrogen and oxygen atoms in total. The highest BCUT2D eigenvalue weighted by atomic mass is 35.5. The highest BCUT2D eigenvalue weighted by molar-refractivity contribution is 7.92. The maximum atomic E-state index is 13.7. The van der Waals surface area contributed by atoms with Gasteiger partial charge in [0, 0.05) is 18.1 Å². The van der Waals surface area contributed by atoms with Crippen molar-refractivity contribution in [3.8, 4) is 6.07 Å². The molecule has 4 rings (SSSR count). The third-order valence-electron chi connectivity index (χ3n) is 7.53. The van der Waals surface area contributed by atoms with Crippen LogP contribution in [0.2, 0.25) is 5.02 Å². The number of halogens is 4. The highest BCUT2D eigenvalue weighted by Crippen LogP contribution is 2.41. The third-order valence-corrected chi connectivity index (χ3v) is 10.0. The van der Waals surface area contributed by atoms with Crippen molar-refractivity contribution in [3.63, 3.8) is 0 Å². The molecule has 2 aromatic carbocycles. The van der Waals surface area contributed by atoms with E-state index in [2.05, 4.69) is 11.4 Å². The summed E-state index contributed by atoms with van der Waals surface area (Å²) in [5, 5.41) is 11.9. The van der Waals surface area contributed by atoms with E-state index in [0.717, 1.165) is 23.8 Å². The smallest absolute Gasteiger partial charge is 0.373 e. The Morgan fingerprint density at radius 2 is 1.79 bits per heavy atom. The van der Waals surface area contributed by atoms with Crippen LogP contribution in [-0.2, 0) is 32.2 Å². The summed E-state index contributed by atoms with van der Waals surface area (Å²) >= 11 is 5.93. The second-order valence-corrected chi connectivity index (χ2v) is 12.8. The Hall–Kier alpha value is -2.65. The number of likely N-dealkylation sites (tertiary alicyclic amines) is 1. The Morgan fingerprint density at radius 3 is 2.41 bits per heavy atom. The van der Waals surface area contributed by atoms with Crippen LogP contribution in [0.5, 0.6) is 0 Å². The Kier molecular flexibility index (Phi) is 8.61. The quantitative estimate of drug-likeness (QED) is 0.511. The number of amides is 1. The Bertz CT molecular complexity index is 1340. The van der Waals surface area contributed by atoms with Gasteiger partial charge in [0.15, 0.2) is 9.84 Å². The van der Waals surface area contributed by atoms with Crippen molar-refractivity contribution < 1.29 is 31.1 Å². The van der Waals surface area contributed by atoms with Crippen molar-refractivity contribution in [2.75, 3.05) is 20.1 Å². The van der Waals surface area contributed by atoms with Crippen molar-refractivity contribution in [2.24, 2.45) is 5.92 Å². The van der Waals surface area contributed by atoms with Crippen molar-refractivity contribution in [3.05, 3.63) is 64.7 Å². The van der Waals surface area contributed by atoms with Gasteiger partial charge in [0.1, 0.15) is 5.54 Å². The Balaban J connectivity index is 1.61. The average Bonchev–Trinajstić information content (AvgIpc) is 3.35. The molecule has 0 spiro atoms. The van der Waals surface area contributed by atoms with Crippen LogP contribution in [0.15, 0.2) is 53.4 Å². The summed E-state index contributed by atoms with van der Waals surface area (Å²) in [5.74, 6) is -1.51. The summed E-state index contributed by atoms with van der Waals surface area (Å²) < 4.78 is 74.0. The number of sulfone groups is 1. The van der Waals surface area contributed by atoms with E-state index in [1.165, 1.54) is 6.07 Å². The number of piperidine rings is 1. The summed E-state index contributed by atoms with van der Waals surface area (Å²) in [7, 11) is -2.56. The second kappa shape index (κ2) is 11.5. The van der Waals surface area contributed by atoms with Gasteiger partial charge < -0.3 is 15.0 Å². The van der Waals surface area contributed by atoms with Crippen LogP contribution in [0.1, 0.15) is 36.8 Å². The fraction of sp³-hybridized carbons (Fsp3) is 0.481. The lowest BCUT2D eigenvalue weighted by Crippen LogP contribution is -2.55. The van der Waals surface area contributed by atoms with Gasteiger partial charge in [-0.2, -0.15) is 18.4 Å². The fourth-order valence-corrected chi connectivity index (χ4v) is 7.32. The minimum absolute atomic E-state index is 0.0473. The minimum Gasteiger partial charge on any atom is -0.373 e. The molecule has 0 aromatic heterocycles. The average molecular weight is 584 g/mol. The molecule has 0 unspecified atom stereocenters. The van der Waals surface area contributed by atoms with Gasteiger partial charge in [-0.15, -0.1) is 0 Å². The van der Waals surface area contributed by atoms with E-state index in [0.29, 0.717) is 31.0 Å². The summed E-state index contributed by atoms with van der Waals surface area (Å²) in [5.41, 5.74) is -1.62. The van der Waals surface area contributed by atoms with Crippen molar-refractivity contribution in [1.29, 1.82) is 5.26 Å². The summed E-state index contributed by atoms with van der Waals surface area (Å²) in [6.45, 7) is 1.24. The minimum atomic E-state index is -4.86. The van der Waals surface area contributed by atoms with Crippen LogP contribution >= 0.6 is 11.6 Å². The molecule has 0 bridgehead atoms. The topological polar surface area (TPSA) is 99.5 Å². The number of nitrogens with zero attached hydrogens (tertiary/aromatic N) is 2. The van der Waals surface area contributed by atoms with Crippen LogP contribution in [-0.4, -0.2) is 56.3 Å². The number of hydrogen-bond donors (Lipinski definition) is 1. The maximum Gasteiger partial charge on any atom is 0.417 e. The molecule has 1 amide bonds. The molecular formula is C27H29ClF3N3O4S. The zero-order chi connectivity index (χ0) is 28.4. The molecule has 2 aromatic rings. The lowest BCUT2D eigenvalue weighted by Gasteiger charge is -2.37. The van der Waals surface area contributed by atoms with Gasteiger partial charge in [-0.05, 0) is 62.6 Å². The number of alkyl halides is 3. The lowest BCUT2D eigenvalue weighted by atomic mass is 9.88. The van der Waals surface area contributed by atoms with Crippen molar-refractivity contribution in [1.82, 2.24) is 10.2 Å². The molecule has 1 N–H and O–H groups in total. The van der Waals surface area contributed by atoms with E-state index in [-0.39, 0.29) is 19.4 Å². The summed E-state index contributed by atoms with van der Waals surface area (Å²) in [6.07, 6.45) is -5.35. The first-order valence-electron chi connectivity index (χ1n) is 12.5. The molecule has 0 radical (unpaired) electrons. The Morgan fingerprint density at radius 1 is 1.15 bits per heavy atom. The molecule has 39 heavy (non-hydrogen) atoms. The first-order valence-corrected chi connectivity index (χ1v) is 14.4. The first kappa shape index (κ1) is 29.3. The highest BCUT2D eigenvalue weighted by Gasteiger charge is 2.49. The number of ether oxygens (including phenoxy) is 1. The first-order chi connectivity index (χ1) is 18.3. The normalized spacial score (nSPS) is 23.7. The van der Waals surface area contributed by atoms with Crippen molar-refractivity contribution >= 4 is 27.3 Å². The molecule has 12 heteroatoms. The van der Waals surface area contributed by atoms with Crippen LogP contribution in [0, 0.1) is 17.2 Å². The fourth-order valence-electron chi connectivity index (χ4n) is 5.17. The van der Waals surface area contributed by atoms with Gasteiger partial charge in [-0.25, -0.2) is 8.42 Å². The maximum absolute atomic E-state index is 13.7. The van der Waals surface area contributed by atoms with Crippen molar-refractivity contribution in [2.45, 2.75) is 60.3 Å². The molecule has 1 aliphatic heterocycles. The standard InChI is InChI=1S/C27H29ClF3N3O4S/c1-34-12-10-26(17-32,11-13-34)33-25(35)21-14-20(15-23(21)38-16-18-6-8-19(28)9-7-18)39(36,37)24-5-3-2-4-22(24)27(29,30)31/h2-9,20-21,23H,10-16H2,1H3,(H,33,35)/t20-,21-,23-/m0/s1. The predicted octanol–water partition coefficient (Wildman–Crippen LogP) is 4.60. The van der Waals surface area contributed by atoms with E-state index >= 15 is 0 Å². The summed E-state index contributed by atoms with van der Waals surface area (Å²) in [4.78, 5) is 14.7. The zero-order valence-corrected chi connectivity index (χ0v) is 22.8. The second-order valence-electron chi connectivity index (χ2n) is 10.2. The molecule has 210 valence electrons. The number of carbonyl (C=O) groups is 1.